The molecule has 1 fully saturated rings. The van der Waals surface area contributed by atoms with Gasteiger partial charge in [-0.25, -0.2) is 13.5 Å². The lowest BCUT2D eigenvalue weighted by atomic mass is 9.62. The maximum Gasteiger partial charge on any atom is 0.250 e. The van der Waals surface area contributed by atoms with E-state index in [1.54, 1.807) is 0 Å². The molecule has 7 heteroatoms. The van der Waals surface area contributed by atoms with E-state index in [1.165, 1.54) is 23.2 Å². The average molecular weight is 346 g/mol. The van der Waals surface area contributed by atoms with Crippen molar-refractivity contribution < 1.29 is 18.6 Å². The minimum atomic E-state index is -2.82. The minimum absolute atomic E-state index is 0.0507. The predicted octanol–water partition coefficient (Wildman–Crippen LogP) is 2.72. The van der Waals surface area contributed by atoms with Crippen molar-refractivity contribution in [1.82, 2.24) is 4.68 Å². The van der Waals surface area contributed by atoms with Gasteiger partial charge in [-0.1, -0.05) is 30.3 Å². The molecule has 0 radical (unpaired) electrons. The van der Waals surface area contributed by atoms with Crippen molar-refractivity contribution >= 4 is 6.21 Å². The number of rotatable bonds is 3. The van der Waals surface area contributed by atoms with E-state index in [2.05, 4.69) is 5.10 Å². The maximum absolute atomic E-state index is 13.4. The summed E-state index contributed by atoms with van der Waals surface area (Å²) in [5.41, 5.74) is -0.591. The van der Waals surface area contributed by atoms with Crippen LogP contribution in [0.15, 0.2) is 52.5 Å². The lowest BCUT2D eigenvalue weighted by Crippen LogP contribution is -2.52. The summed E-state index contributed by atoms with van der Waals surface area (Å²) in [5.74, 6) is -2.87. The first-order valence-electron chi connectivity index (χ1n) is 7.94. The average Bonchev–Trinajstić information content (AvgIpc) is 2.56. The number of halogens is 2. The summed E-state index contributed by atoms with van der Waals surface area (Å²) in [6.45, 7) is 0.132. The molecule has 5 nitrogen and oxygen atoms in total. The molecule has 0 bridgehead atoms. The Morgan fingerprint density at radius 2 is 1.96 bits per heavy atom. The van der Waals surface area contributed by atoms with Gasteiger partial charge in [0, 0.05) is 31.3 Å². The van der Waals surface area contributed by atoms with Crippen LogP contribution < -0.4 is 10.2 Å². The van der Waals surface area contributed by atoms with Crippen molar-refractivity contribution in [3.05, 3.63) is 64.1 Å². The first kappa shape index (κ1) is 16.0. The zero-order chi connectivity index (χ0) is 17.7. The Morgan fingerprint density at radius 3 is 2.64 bits per heavy atom. The second-order valence-electron chi connectivity index (χ2n) is 6.60. The Kier molecular flexibility index (Phi) is 3.50. The van der Waals surface area contributed by atoms with Gasteiger partial charge in [-0.05, 0) is 5.56 Å². The third-order valence-electron chi connectivity index (χ3n) is 4.71. The van der Waals surface area contributed by atoms with Gasteiger partial charge in [-0.2, -0.15) is 5.10 Å². The number of nitrogens with zero attached hydrogens (tertiary/aromatic N) is 2. The molecule has 1 atom stereocenters. The molecule has 1 saturated carbocycles. The second kappa shape index (κ2) is 5.49. The third kappa shape index (κ3) is 2.64. The number of aromatic nitrogens is 1. The molecule has 1 aliphatic heterocycles. The molecule has 0 amide bonds. The lowest BCUT2D eigenvalue weighted by Gasteiger charge is -2.49. The Balaban J connectivity index is 1.68. The molecular weight excluding hydrogens is 330 g/mol. The molecule has 1 aliphatic carbocycles. The zero-order valence-electron chi connectivity index (χ0n) is 13.2. The van der Waals surface area contributed by atoms with Crippen LogP contribution >= 0.6 is 0 Å². The summed E-state index contributed by atoms with van der Waals surface area (Å²) in [7, 11) is 0. The van der Waals surface area contributed by atoms with Gasteiger partial charge in [0.15, 0.2) is 5.75 Å². The topological polar surface area (TPSA) is 63.8 Å². The van der Waals surface area contributed by atoms with E-state index < -0.39 is 35.7 Å². The second-order valence-corrected chi connectivity index (χ2v) is 6.60. The molecule has 130 valence electrons. The number of fused-ring (bicyclic) bond motifs is 1. The number of hydrogen-bond acceptors (Lipinski definition) is 4. The number of benzene rings is 1. The van der Waals surface area contributed by atoms with Gasteiger partial charge >= 0.3 is 0 Å². The number of aliphatic hydroxyl groups is 1. The van der Waals surface area contributed by atoms with E-state index in [0.29, 0.717) is 0 Å². The monoisotopic (exact) mass is 346 g/mol. The molecule has 0 saturated heterocycles. The van der Waals surface area contributed by atoms with Crippen molar-refractivity contribution in [3.63, 3.8) is 0 Å². The van der Waals surface area contributed by atoms with E-state index in [9.17, 15) is 18.7 Å². The third-order valence-corrected chi connectivity index (χ3v) is 4.71. The predicted molar refractivity (Wildman–Crippen MR) is 86.9 cm³/mol. The Morgan fingerprint density at radius 1 is 1.24 bits per heavy atom. The highest BCUT2D eigenvalue weighted by Crippen LogP contribution is 2.58. The van der Waals surface area contributed by atoms with Crippen molar-refractivity contribution in [2.24, 2.45) is 10.5 Å². The van der Waals surface area contributed by atoms with Crippen LogP contribution in [0.2, 0.25) is 0 Å². The quantitative estimate of drug-likeness (QED) is 0.929. The highest BCUT2D eigenvalue weighted by Gasteiger charge is 2.61. The van der Waals surface area contributed by atoms with Gasteiger partial charge in [0.2, 0.25) is 11.4 Å². The standard InChI is InChI=1S/C18H16F2N2O3/c19-18(20)9-17(10-18)11-21-22-7-6-13(23)15(14(22)16(17)24)25-8-12-4-2-1-3-5-12/h1-7,11,16,24H,8-10H2. The van der Waals surface area contributed by atoms with Crippen LogP contribution in [0.4, 0.5) is 8.78 Å². The first-order valence-corrected chi connectivity index (χ1v) is 7.94. The molecule has 25 heavy (non-hydrogen) atoms. The van der Waals surface area contributed by atoms with Crippen molar-refractivity contribution in [2.45, 2.75) is 31.5 Å². The Labute approximate surface area is 142 Å². The fraction of sp³-hybridized carbons (Fsp3) is 0.333. The van der Waals surface area contributed by atoms with Gasteiger partial charge in [0.25, 0.3) is 0 Å². The maximum atomic E-state index is 13.4. The summed E-state index contributed by atoms with van der Waals surface area (Å²) in [6.07, 6.45) is 0.492. The summed E-state index contributed by atoms with van der Waals surface area (Å²) < 4.78 is 33.8. The fourth-order valence-corrected chi connectivity index (χ4v) is 3.47. The zero-order valence-corrected chi connectivity index (χ0v) is 13.2. The van der Waals surface area contributed by atoms with E-state index >= 15 is 0 Å². The number of pyridine rings is 1. The molecule has 1 aromatic heterocycles. The highest BCUT2D eigenvalue weighted by atomic mass is 19.3. The largest absolute Gasteiger partial charge is 0.483 e. The molecule has 4 rings (SSSR count). The van der Waals surface area contributed by atoms with E-state index in [0.717, 1.165) is 5.56 Å². The number of aliphatic hydroxyl groups excluding tert-OH is 1. The van der Waals surface area contributed by atoms with Crippen LogP contribution in [0.5, 0.6) is 5.75 Å². The smallest absolute Gasteiger partial charge is 0.250 e. The van der Waals surface area contributed by atoms with Crippen LogP contribution in [0.3, 0.4) is 0 Å². The molecule has 2 aliphatic rings. The van der Waals surface area contributed by atoms with Gasteiger partial charge in [0.1, 0.15) is 18.4 Å². The van der Waals surface area contributed by atoms with Crippen molar-refractivity contribution in [2.75, 3.05) is 0 Å². The number of alkyl halides is 2. The van der Waals surface area contributed by atoms with Crippen LogP contribution in [0.1, 0.15) is 30.2 Å². The number of hydrogen-bond donors (Lipinski definition) is 1. The van der Waals surface area contributed by atoms with Crippen LogP contribution in [0.25, 0.3) is 0 Å². The van der Waals surface area contributed by atoms with E-state index in [1.807, 2.05) is 30.3 Å². The molecular formula is C18H16F2N2O3. The molecule has 1 unspecified atom stereocenters. The molecule has 2 heterocycles. The summed E-state index contributed by atoms with van der Waals surface area (Å²) in [5, 5.41) is 14.8. The molecule has 1 N–H and O–H groups in total. The number of ether oxygens (including phenoxy) is 1. The SMILES string of the molecule is O=c1ccn2c(c1OCc1ccccc1)C(O)C1(C=N2)CC(F)(F)C1. The van der Waals surface area contributed by atoms with Gasteiger partial charge in [-0.3, -0.25) is 4.79 Å². The van der Waals surface area contributed by atoms with Gasteiger partial charge in [0.05, 0.1) is 5.41 Å². The van der Waals surface area contributed by atoms with E-state index in [4.69, 9.17) is 4.74 Å². The van der Waals surface area contributed by atoms with Crippen LogP contribution in [0, 0.1) is 5.41 Å². The first-order chi connectivity index (χ1) is 11.9. The van der Waals surface area contributed by atoms with Crippen molar-refractivity contribution in [3.8, 4) is 5.75 Å². The summed E-state index contributed by atoms with van der Waals surface area (Å²) in [4.78, 5) is 12.3. The highest BCUT2D eigenvalue weighted by molar-refractivity contribution is 5.71. The summed E-state index contributed by atoms with van der Waals surface area (Å²) in [6, 6.07) is 10.5. The summed E-state index contributed by atoms with van der Waals surface area (Å²) >= 11 is 0. The fourth-order valence-electron chi connectivity index (χ4n) is 3.47. The van der Waals surface area contributed by atoms with Crippen LogP contribution in [-0.4, -0.2) is 21.9 Å². The Bertz CT molecular complexity index is 885. The molecule has 1 spiro atoms. The molecule has 1 aromatic carbocycles. The van der Waals surface area contributed by atoms with E-state index in [-0.39, 0.29) is 18.1 Å². The Hall–Kier alpha value is -2.54. The molecule has 2 aromatic rings. The normalized spacial score (nSPS) is 22.3. The van der Waals surface area contributed by atoms with Crippen molar-refractivity contribution in [1.29, 1.82) is 0 Å². The lowest BCUT2D eigenvalue weighted by molar-refractivity contribution is -0.171. The minimum Gasteiger partial charge on any atom is -0.483 e. The van der Waals surface area contributed by atoms with Crippen LogP contribution in [-0.2, 0) is 6.61 Å². The van der Waals surface area contributed by atoms with Gasteiger partial charge in [-0.15, -0.1) is 0 Å². The van der Waals surface area contributed by atoms with Gasteiger partial charge < -0.3 is 9.84 Å².